The summed E-state index contributed by atoms with van der Waals surface area (Å²) in [5.74, 6) is 1.38. The van der Waals surface area contributed by atoms with E-state index in [1.807, 2.05) is 18.2 Å². The molecule has 0 bridgehead atoms. The van der Waals surface area contributed by atoms with Gasteiger partial charge in [0.2, 0.25) is 5.76 Å². The van der Waals surface area contributed by atoms with Crippen LogP contribution in [-0.2, 0) is 4.74 Å². The van der Waals surface area contributed by atoms with Gasteiger partial charge in [0.05, 0.1) is 13.2 Å². The number of aromatic nitrogens is 1. The van der Waals surface area contributed by atoms with Gasteiger partial charge < -0.3 is 13.9 Å². The molecule has 122 valence electrons. The van der Waals surface area contributed by atoms with Crippen molar-refractivity contribution in [1.29, 1.82) is 0 Å². The summed E-state index contributed by atoms with van der Waals surface area (Å²) in [5.41, 5.74) is 0. The van der Waals surface area contributed by atoms with Crippen LogP contribution in [0.2, 0.25) is 0 Å². The van der Waals surface area contributed by atoms with Gasteiger partial charge in [0.25, 0.3) is 0 Å². The third kappa shape index (κ3) is 3.53. The van der Waals surface area contributed by atoms with E-state index >= 15 is 0 Å². The molecule has 6 nitrogen and oxygen atoms in total. The van der Waals surface area contributed by atoms with Crippen molar-refractivity contribution in [2.75, 3.05) is 20.2 Å². The minimum absolute atomic E-state index is 0.0828. The number of carbonyl (C=O) groups excluding carboxylic acids is 1. The van der Waals surface area contributed by atoms with Crippen LogP contribution >= 0.6 is 0 Å². The Balaban J connectivity index is 1.60. The summed E-state index contributed by atoms with van der Waals surface area (Å²) in [7, 11) is 1.34. The highest BCUT2D eigenvalue weighted by Crippen LogP contribution is 2.28. The van der Waals surface area contributed by atoms with Crippen LogP contribution in [0.5, 0.6) is 5.75 Å². The van der Waals surface area contributed by atoms with E-state index < -0.39 is 5.97 Å². The fourth-order valence-electron chi connectivity index (χ4n) is 2.78. The molecule has 0 unspecified atom stereocenters. The quantitative estimate of drug-likeness (QED) is 0.790. The fraction of sp³-hybridized carbons (Fsp3) is 0.412. The average molecular weight is 316 g/mol. The first kappa shape index (κ1) is 15.6. The predicted molar refractivity (Wildman–Crippen MR) is 83.3 cm³/mol. The van der Waals surface area contributed by atoms with Crippen LogP contribution < -0.4 is 4.74 Å². The predicted octanol–water partition coefficient (Wildman–Crippen LogP) is 2.68. The molecular formula is C17H20N2O4. The fourth-order valence-corrected chi connectivity index (χ4v) is 2.78. The molecule has 1 saturated heterocycles. The van der Waals surface area contributed by atoms with Gasteiger partial charge in [-0.2, -0.15) is 0 Å². The molecule has 0 aromatic carbocycles. The molecule has 3 rings (SSSR count). The number of nitrogens with zero attached hydrogens (tertiary/aromatic N) is 2. The van der Waals surface area contributed by atoms with E-state index in [0.717, 1.165) is 31.0 Å². The summed E-state index contributed by atoms with van der Waals surface area (Å²) in [5, 5.41) is 0. The topological polar surface area (TPSA) is 64.8 Å². The summed E-state index contributed by atoms with van der Waals surface area (Å²) in [6.07, 6.45) is 4.55. The zero-order valence-electron chi connectivity index (χ0n) is 13.3. The number of ether oxygens (including phenoxy) is 2. The van der Waals surface area contributed by atoms with Gasteiger partial charge in [-0.3, -0.25) is 9.88 Å². The smallest absolute Gasteiger partial charge is 0.373 e. The maximum atomic E-state index is 11.5. The number of methoxy groups -OCH3 is 1. The standard InChI is InChI=1S/C17H20N2O4/c1-12(15-3-4-16(23-15)17(20)21-2)19-10-7-14(11-19)22-13-5-8-18-9-6-13/h3-6,8-9,12,14H,7,10-11H2,1-2H3/t12-,14+/m0/s1. The van der Waals surface area contributed by atoms with E-state index in [4.69, 9.17) is 9.15 Å². The average Bonchev–Trinajstić information content (AvgIpc) is 3.24. The Bertz CT molecular complexity index is 656. The summed E-state index contributed by atoms with van der Waals surface area (Å²) < 4.78 is 16.2. The number of rotatable bonds is 5. The first-order valence-corrected chi connectivity index (χ1v) is 7.66. The van der Waals surface area contributed by atoms with Crippen LogP contribution in [0.15, 0.2) is 41.1 Å². The van der Waals surface area contributed by atoms with Gasteiger partial charge in [-0.1, -0.05) is 0 Å². The van der Waals surface area contributed by atoms with Crippen molar-refractivity contribution in [3.63, 3.8) is 0 Å². The molecule has 2 aromatic rings. The van der Waals surface area contributed by atoms with E-state index in [1.54, 1.807) is 18.5 Å². The van der Waals surface area contributed by atoms with Gasteiger partial charge in [0.15, 0.2) is 0 Å². The summed E-state index contributed by atoms with van der Waals surface area (Å²) in [4.78, 5) is 17.7. The van der Waals surface area contributed by atoms with Crippen molar-refractivity contribution in [3.05, 3.63) is 48.2 Å². The number of pyridine rings is 1. The highest BCUT2D eigenvalue weighted by Gasteiger charge is 2.30. The number of hydrogen-bond donors (Lipinski definition) is 0. The van der Waals surface area contributed by atoms with Crippen molar-refractivity contribution in [1.82, 2.24) is 9.88 Å². The van der Waals surface area contributed by atoms with Crippen LogP contribution in [0.4, 0.5) is 0 Å². The monoisotopic (exact) mass is 316 g/mol. The molecule has 23 heavy (non-hydrogen) atoms. The van der Waals surface area contributed by atoms with Crippen LogP contribution in [0.1, 0.15) is 35.7 Å². The molecule has 0 saturated carbocycles. The summed E-state index contributed by atoms with van der Waals surface area (Å²) in [6.45, 7) is 3.80. The Kier molecular flexibility index (Phi) is 4.62. The van der Waals surface area contributed by atoms with Gasteiger partial charge in [0.1, 0.15) is 17.6 Å². The number of furan rings is 1. The van der Waals surface area contributed by atoms with Gasteiger partial charge in [-0.15, -0.1) is 0 Å². The second kappa shape index (κ2) is 6.83. The number of likely N-dealkylation sites (tertiary alicyclic amines) is 1. The lowest BCUT2D eigenvalue weighted by Gasteiger charge is -2.22. The van der Waals surface area contributed by atoms with E-state index in [9.17, 15) is 4.79 Å². The van der Waals surface area contributed by atoms with Gasteiger partial charge in [0, 0.05) is 25.5 Å². The Labute approximate surface area is 135 Å². The highest BCUT2D eigenvalue weighted by atomic mass is 16.5. The van der Waals surface area contributed by atoms with Crippen LogP contribution in [0, 0.1) is 0 Å². The zero-order chi connectivity index (χ0) is 16.2. The van der Waals surface area contributed by atoms with Gasteiger partial charge >= 0.3 is 5.97 Å². The van der Waals surface area contributed by atoms with Crippen molar-refractivity contribution in [3.8, 4) is 5.75 Å². The van der Waals surface area contributed by atoms with E-state index in [-0.39, 0.29) is 17.9 Å². The van der Waals surface area contributed by atoms with Crippen LogP contribution in [0.25, 0.3) is 0 Å². The first-order chi connectivity index (χ1) is 11.2. The third-order valence-electron chi connectivity index (χ3n) is 4.10. The van der Waals surface area contributed by atoms with Crippen molar-refractivity contribution < 1.29 is 18.7 Å². The SMILES string of the molecule is COC(=O)c1ccc([C@H](C)N2CC[C@@H](Oc3ccncc3)C2)o1. The molecule has 0 amide bonds. The van der Waals surface area contributed by atoms with E-state index in [2.05, 4.69) is 21.5 Å². The van der Waals surface area contributed by atoms with Gasteiger partial charge in [-0.05, 0) is 37.6 Å². The number of hydrogen-bond acceptors (Lipinski definition) is 6. The Morgan fingerprint density at radius 2 is 2.13 bits per heavy atom. The summed E-state index contributed by atoms with van der Waals surface area (Å²) in [6, 6.07) is 7.29. The Morgan fingerprint density at radius 1 is 1.35 bits per heavy atom. The molecular weight excluding hydrogens is 296 g/mol. The normalized spacial score (nSPS) is 19.5. The number of esters is 1. The first-order valence-electron chi connectivity index (χ1n) is 7.66. The van der Waals surface area contributed by atoms with Crippen LogP contribution in [-0.4, -0.2) is 42.2 Å². The lowest BCUT2D eigenvalue weighted by molar-refractivity contribution is 0.0559. The summed E-state index contributed by atoms with van der Waals surface area (Å²) >= 11 is 0. The molecule has 1 aliphatic heterocycles. The molecule has 2 atom stereocenters. The molecule has 0 spiro atoms. The molecule has 2 aromatic heterocycles. The Morgan fingerprint density at radius 3 is 2.87 bits per heavy atom. The highest BCUT2D eigenvalue weighted by molar-refractivity contribution is 5.86. The molecule has 3 heterocycles. The Hall–Kier alpha value is -2.34. The minimum atomic E-state index is -0.455. The molecule has 1 fully saturated rings. The molecule has 6 heteroatoms. The van der Waals surface area contributed by atoms with E-state index in [0.29, 0.717) is 0 Å². The van der Waals surface area contributed by atoms with Crippen molar-refractivity contribution in [2.45, 2.75) is 25.5 Å². The minimum Gasteiger partial charge on any atom is -0.489 e. The largest absolute Gasteiger partial charge is 0.489 e. The van der Waals surface area contributed by atoms with Crippen LogP contribution in [0.3, 0.4) is 0 Å². The molecule has 0 aliphatic carbocycles. The molecule has 0 radical (unpaired) electrons. The maximum Gasteiger partial charge on any atom is 0.373 e. The molecule has 0 N–H and O–H groups in total. The maximum absolute atomic E-state index is 11.5. The third-order valence-corrected chi connectivity index (χ3v) is 4.10. The molecule has 1 aliphatic rings. The van der Waals surface area contributed by atoms with Gasteiger partial charge in [-0.25, -0.2) is 4.79 Å². The number of carbonyl (C=O) groups is 1. The van der Waals surface area contributed by atoms with Crippen molar-refractivity contribution in [2.24, 2.45) is 0 Å². The second-order valence-corrected chi connectivity index (χ2v) is 5.58. The second-order valence-electron chi connectivity index (χ2n) is 5.58. The zero-order valence-corrected chi connectivity index (χ0v) is 13.3. The lowest BCUT2D eigenvalue weighted by Crippen LogP contribution is -2.27. The van der Waals surface area contributed by atoms with E-state index in [1.165, 1.54) is 7.11 Å². The van der Waals surface area contributed by atoms with Crippen molar-refractivity contribution >= 4 is 5.97 Å². The lowest BCUT2D eigenvalue weighted by atomic mass is 10.2.